The van der Waals surface area contributed by atoms with Crippen LogP contribution in [0.5, 0.6) is 5.75 Å². The van der Waals surface area contributed by atoms with Crippen LogP contribution in [-0.4, -0.2) is 33.0 Å². The van der Waals surface area contributed by atoms with Gasteiger partial charge in [0.05, 0.1) is 29.4 Å². The van der Waals surface area contributed by atoms with Gasteiger partial charge in [-0.15, -0.1) is 0 Å². The molecule has 0 atom stereocenters. The molecule has 3 heterocycles. The van der Waals surface area contributed by atoms with Gasteiger partial charge >= 0.3 is 0 Å². The maximum Gasteiger partial charge on any atom is 0.257 e. The summed E-state index contributed by atoms with van der Waals surface area (Å²) in [6, 6.07) is 10.7. The third-order valence-electron chi connectivity index (χ3n) is 4.65. The van der Waals surface area contributed by atoms with Crippen LogP contribution in [0.4, 0.5) is 5.69 Å². The van der Waals surface area contributed by atoms with Crippen molar-refractivity contribution in [3.63, 3.8) is 0 Å². The molecule has 7 nitrogen and oxygen atoms in total. The van der Waals surface area contributed by atoms with Crippen molar-refractivity contribution in [2.45, 2.75) is 6.92 Å². The monoisotopic (exact) mass is 440 g/mol. The number of halogens is 1. The Morgan fingerprint density at radius 3 is 2.64 bits per heavy atom. The quantitative estimate of drug-likeness (QED) is 0.485. The van der Waals surface area contributed by atoms with Crippen molar-refractivity contribution in [1.29, 1.82) is 0 Å². The zero-order chi connectivity index (χ0) is 20.0. The highest BCUT2D eigenvalue weighted by Crippen LogP contribution is 2.27. The van der Waals surface area contributed by atoms with Crippen LogP contribution in [-0.2, 0) is 7.05 Å². The Bertz CT molecular complexity index is 1260. The second-order valence-corrected chi connectivity index (χ2v) is 7.17. The van der Waals surface area contributed by atoms with E-state index in [4.69, 9.17) is 4.74 Å². The number of fused-ring (bicyclic) bond motifs is 2. The van der Waals surface area contributed by atoms with Gasteiger partial charge in [0.15, 0.2) is 5.78 Å². The average Bonchev–Trinajstić information content (AvgIpc) is 3.19. The Morgan fingerprint density at radius 1 is 1.14 bits per heavy atom. The predicted molar refractivity (Wildman–Crippen MR) is 110 cm³/mol. The standard InChI is InChI=1S/C20H17BrN4O3/c1-11(26)16-10-15(18-9-13(28-3)6-7-25(16)18)20(27)22-12-4-5-14-17(8-12)24(2)23-19(14)21/h4-10H,1-3H3,(H,22,27). The number of ether oxygens (including phenoxy) is 1. The SMILES string of the molecule is COc1ccn2c(C(C)=O)cc(C(=O)Nc3ccc4c(Br)nn(C)c4c3)c2c1. The first-order valence-corrected chi connectivity index (χ1v) is 9.32. The molecule has 28 heavy (non-hydrogen) atoms. The van der Waals surface area contributed by atoms with E-state index in [1.165, 1.54) is 6.92 Å². The van der Waals surface area contributed by atoms with E-state index in [-0.39, 0.29) is 11.7 Å². The van der Waals surface area contributed by atoms with Gasteiger partial charge in [0.2, 0.25) is 0 Å². The summed E-state index contributed by atoms with van der Waals surface area (Å²) in [5.74, 6) is 0.176. The number of hydrogen-bond donors (Lipinski definition) is 1. The maximum atomic E-state index is 13.0. The van der Waals surface area contributed by atoms with Gasteiger partial charge in [-0.25, -0.2) is 0 Å². The van der Waals surface area contributed by atoms with Gasteiger partial charge in [-0.05, 0) is 46.3 Å². The van der Waals surface area contributed by atoms with Gasteiger partial charge in [-0.2, -0.15) is 5.10 Å². The Hall–Kier alpha value is -3.13. The minimum Gasteiger partial charge on any atom is -0.497 e. The molecule has 4 rings (SSSR count). The molecule has 3 aromatic heterocycles. The molecular formula is C20H17BrN4O3. The Morgan fingerprint density at radius 2 is 1.93 bits per heavy atom. The lowest BCUT2D eigenvalue weighted by Gasteiger charge is -2.07. The second kappa shape index (κ2) is 6.79. The minimum atomic E-state index is -0.307. The minimum absolute atomic E-state index is 0.125. The van der Waals surface area contributed by atoms with Crippen molar-refractivity contribution in [3.8, 4) is 5.75 Å². The molecule has 1 amide bonds. The molecule has 0 saturated heterocycles. The number of benzene rings is 1. The van der Waals surface area contributed by atoms with Crippen LogP contribution in [0.2, 0.25) is 0 Å². The number of amides is 1. The maximum absolute atomic E-state index is 13.0. The summed E-state index contributed by atoms with van der Waals surface area (Å²) in [4.78, 5) is 25.0. The van der Waals surface area contributed by atoms with E-state index < -0.39 is 0 Å². The largest absolute Gasteiger partial charge is 0.497 e. The van der Waals surface area contributed by atoms with Crippen molar-refractivity contribution < 1.29 is 14.3 Å². The fourth-order valence-corrected chi connectivity index (χ4v) is 3.82. The topological polar surface area (TPSA) is 77.6 Å². The van der Waals surface area contributed by atoms with Crippen LogP contribution in [0.3, 0.4) is 0 Å². The third-order valence-corrected chi connectivity index (χ3v) is 5.23. The Balaban J connectivity index is 1.76. The highest BCUT2D eigenvalue weighted by molar-refractivity contribution is 9.10. The van der Waals surface area contributed by atoms with Gasteiger partial charge in [0.1, 0.15) is 10.4 Å². The van der Waals surface area contributed by atoms with Gasteiger partial charge in [0.25, 0.3) is 5.91 Å². The molecular weight excluding hydrogens is 424 g/mol. The summed E-state index contributed by atoms with van der Waals surface area (Å²) in [7, 11) is 3.40. The van der Waals surface area contributed by atoms with Crippen LogP contribution in [0.1, 0.15) is 27.8 Å². The fraction of sp³-hybridized carbons (Fsp3) is 0.150. The number of ketones is 1. The molecule has 0 bridgehead atoms. The van der Waals surface area contributed by atoms with Crippen molar-refractivity contribution in [2.24, 2.45) is 7.05 Å². The molecule has 8 heteroatoms. The van der Waals surface area contributed by atoms with Gasteiger partial charge < -0.3 is 14.5 Å². The number of aryl methyl sites for hydroxylation is 1. The third kappa shape index (κ3) is 2.95. The smallest absolute Gasteiger partial charge is 0.257 e. The van der Waals surface area contributed by atoms with Crippen molar-refractivity contribution in [2.75, 3.05) is 12.4 Å². The van der Waals surface area contributed by atoms with E-state index >= 15 is 0 Å². The Labute approximate surface area is 169 Å². The number of pyridine rings is 1. The van der Waals surface area contributed by atoms with E-state index in [1.807, 2.05) is 25.2 Å². The van der Waals surface area contributed by atoms with Crippen LogP contribution in [0.25, 0.3) is 16.4 Å². The summed E-state index contributed by atoms with van der Waals surface area (Å²) < 4.78 is 9.45. The van der Waals surface area contributed by atoms with Crippen LogP contribution >= 0.6 is 15.9 Å². The number of methoxy groups -OCH3 is 1. The number of carbonyl (C=O) groups is 2. The molecule has 0 aliphatic rings. The number of nitrogens with one attached hydrogen (secondary N) is 1. The van der Waals surface area contributed by atoms with Crippen LogP contribution in [0, 0.1) is 0 Å². The molecule has 0 radical (unpaired) electrons. The molecule has 0 fully saturated rings. The summed E-state index contributed by atoms with van der Waals surface area (Å²) in [5, 5.41) is 8.18. The second-order valence-electron chi connectivity index (χ2n) is 6.42. The highest BCUT2D eigenvalue weighted by Gasteiger charge is 2.19. The Kier molecular flexibility index (Phi) is 4.43. The molecule has 0 aliphatic carbocycles. The molecule has 1 aromatic carbocycles. The predicted octanol–water partition coefficient (Wildman–Crippen LogP) is 4.05. The van der Waals surface area contributed by atoms with Crippen molar-refractivity contribution in [1.82, 2.24) is 14.2 Å². The first-order chi connectivity index (χ1) is 13.4. The fourth-order valence-electron chi connectivity index (χ4n) is 3.25. The van der Waals surface area contributed by atoms with E-state index in [1.54, 1.807) is 40.6 Å². The number of anilines is 1. The zero-order valence-electron chi connectivity index (χ0n) is 15.5. The van der Waals surface area contributed by atoms with Crippen LogP contribution in [0.15, 0.2) is 47.2 Å². The number of rotatable bonds is 4. The molecule has 1 N–H and O–H groups in total. The number of Topliss-reactive ketones (excluding diaryl/α,β-unsaturated/α-hetero) is 1. The summed E-state index contributed by atoms with van der Waals surface area (Å²) >= 11 is 3.42. The molecule has 0 aliphatic heterocycles. The number of nitrogens with zero attached hydrogens (tertiary/aromatic N) is 3. The van der Waals surface area contributed by atoms with Gasteiger partial charge in [-0.3, -0.25) is 14.3 Å². The van der Waals surface area contributed by atoms with Gasteiger partial charge in [0, 0.05) is 37.3 Å². The van der Waals surface area contributed by atoms with Gasteiger partial charge in [-0.1, -0.05) is 0 Å². The molecule has 142 valence electrons. The van der Waals surface area contributed by atoms with Crippen LogP contribution < -0.4 is 10.1 Å². The average molecular weight is 441 g/mol. The summed E-state index contributed by atoms with van der Waals surface area (Å²) in [6.07, 6.45) is 1.72. The first kappa shape index (κ1) is 18.2. The lowest BCUT2D eigenvalue weighted by Crippen LogP contribution is -2.11. The zero-order valence-corrected chi connectivity index (χ0v) is 17.1. The van der Waals surface area contributed by atoms with E-state index in [0.717, 1.165) is 15.5 Å². The lowest BCUT2D eigenvalue weighted by molar-refractivity contribution is 0.101. The molecule has 4 aromatic rings. The van der Waals surface area contributed by atoms with E-state index in [0.29, 0.717) is 28.2 Å². The van der Waals surface area contributed by atoms with Crippen molar-refractivity contribution >= 4 is 49.7 Å². The molecule has 0 unspecified atom stereocenters. The highest BCUT2D eigenvalue weighted by atomic mass is 79.9. The van der Waals surface area contributed by atoms with Crippen molar-refractivity contribution in [3.05, 3.63) is 58.5 Å². The normalized spacial score (nSPS) is 11.1. The number of aromatic nitrogens is 3. The number of hydrogen-bond acceptors (Lipinski definition) is 4. The summed E-state index contributed by atoms with van der Waals surface area (Å²) in [5.41, 5.74) is 2.97. The van der Waals surface area contributed by atoms with E-state index in [2.05, 4.69) is 26.3 Å². The number of carbonyl (C=O) groups excluding carboxylic acids is 2. The van der Waals surface area contributed by atoms with E-state index in [9.17, 15) is 9.59 Å². The first-order valence-electron chi connectivity index (χ1n) is 8.52. The lowest BCUT2D eigenvalue weighted by atomic mass is 10.2. The molecule has 0 saturated carbocycles. The molecule has 0 spiro atoms. The summed E-state index contributed by atoms with van der Waals surface area (Å²) in [6.45, 7) is 1.47.